The van der Waals surface area contributed by atoms with Crippen molar-refractivity contribution in [2.24, 2.45) is 0 Å². The maximum Gasteiger partial charge on any atom is 0.416 e. The highest BCUT2D eigenvalue weighted by Crippen LogP contribution is 2.31. The van der Waals surface area contributed by atoms with Crippen LogP contribution in [0.4, 0.5) is 29.1 Å². The Balaban J connectivity index is 1.24. The predicted molar refractivity (Wildman–Crippen MR) is 142 cm³/mol. The lowest BCUT2D eigenvalue weighted by molar-refractivity contribution is -0.137. The van der Waals surface area contributed by atoms with Crippen molar-refractivity contribution in [3.05, 3.63) is 71.0 Å². The van der Waals surface area contributed by atoms with Crippen molar-refractivity contribution in [2.45, 2.75) is 44.8 Å². The Hall–Kier alpha value is -3.46. The highest BCUT2D eigenvalue weighted by atomic mass is 19.4. The van der Waals surface area contributed by atoms with E-state index in [1.54, 1.807) is 6.07 Å². The van der Waals surface area contributed by atoms with Crippen LogP contribution in [0.2, 0.25) is 0 Å². The Morgan fingerprint density at radius 1 is 1.03 bits per heavy atom. The van der Waals surface area contributed by atoms with Crippen molar-refractivity contribution in [2.75, 3.05) is 36.4 Å². The van der Waals surface area contributed by atoms with E-state index in [4.69, 9.17) is 4.98 Å². The molecule has 0 saturated carbocycles. The zero-order chi connectivity index (χ0) is 26.9. The minimum absolute atomic E-state index is 0.108. The predicted octanol–water partition coefficient (Wildman–Crippen LogP) is 6.42. The summed E-state index contributed by atoms with van der Waals surface area (Å²) in [7, 11) is 0. The molecule has 2 saturated heterocycles. The molecule has 0 aliphatic carbocycles. The van der Waals surface area contributed by atoms with Crippen molar-refractivity contribution in [3.63, 3.8) is 0 Å². The Morgan fingerprint density at radius 3 is 2.45 bits per heavy atom. The van der Waals surface area contributed by atoms with Gasteiger partial charge in [-0.3, -0.25) is 4.79 Å². The monoisotopic (exact) mass is 526 g/mol. The topological polar surface area (TPSA) is 48.5 Å². The summed E-state index contributed by atoms with van der Waals surface area (Å²) in [5.74, 6) is -0.604. The average Bonchev–Trinajstić information content (AvgIpc) is 3.43. The van der Waals surface area contributed by atoms with Gasteiger partial charge in [-0.15, -0.1) is 0 Å². The standard InChI is InChI=1S/C29H30F4N4O/c1-19-16-27(37-14-10-23(11-15-37)36-12-2-3-13-36)35-26-8-7-22(18-24(19)26)34-28(38)9-5-20-4-6-21(17-25(20)30)29(31,32)33/h4-9,16-18,23H,2-3,10-15H2,1H3,(H,34,38). The summed E-state index contributed by atoms with van der Waals surface area (Å²) in [6.45, 7) is 6.43. The Labute approximate surface area is 219 Å². The molecule has 3 aromatic rings. The molecule has 1 N–H and O–H groups in total. The molecule has 200 valence electrons. The van der Waals surface area contributed by atoms with Gasteiger partial charge in [0, 0.05) is 41.8 Å². The first kappa shape index (κ1) is 26.2. The number of carbonyl (C=O) groups excluding carboxylic acids is 1. The van der Waals surface area contributed by atoms with Gasteiger partial charge in [0.25, 0.3) is 0 Å². The molecule has 1 amide bonds. The lowest BCUT2D eigenvalue weighted by Crippen LogP contribution is -2.44. The van der Waals surface area contributed by atoms with E-state index in [0.29, 0.717) is 17.8 Å². The van der Waals surface area contributed by atoms with Crippen LogP contribution in [0.25, 0.3) is 17.0 Å². The quantitative estimate of drug-likeness (QED) is 0.308. The maximum atomic E-state index is 14.0. The Bertz CT molecular complexity index is 1360. The van der Waals surface area contributed by atoms with Crippen molar-refractivity contribution in [1.82, 2.24) is 9.88 Å². The van der Waals surface area contributed by atoms with Gasteiger partial charge in [0.2, 0.25) is 5.91 Å². The fourth-order valence-electron chi connectivity index (χ4n) is 5.37. The van der Waals surface area contributed by atoms with Crippen molar-refractivity contribution < 1.29 is 22.4 Å². The van der Waals surface area contributed by atoms with E-state index in [2.05, 4.69) is 21.2 Å². The smallest absolute Gasteiger partial charge is 0.356 e. The van der Waals surface area contributed by atoms with Gasteiger partial charge in [-0.25, -0.2) is 9.37 Å². The van der Waals surface area contributed by atoms with Gasteiger partial charge in [-0.05, 0) is 93.7 Å². The summed E-state index contributed by atoms with van der Waals surface area (Å²) >= 11 is 0. The largest absolute Gasteiger partial charge is 0.416 e. The number of pyridine rings is 1. The molecular weight excluding hydrogens is 496 g/mol. The van der Waals surface area contributed by atoms with Crippen LogP contribution in [0, 0.1) is 12.7 Å². The Morgan fingerprint density at radius 2 is 1.76 bits per heavy atom. The van der Waals surface area contributed by atoms with Crippen molar-refractivity contribution in [1.29, 1.82) is 0 Å². The van der Waals surface area contributed by atoms with E-state index in [1.807, 2.05) is 19.1 Å². The number of rotatable bonds is 5. The lowest BCUT2D eigenvalue weighted by atomic mass is 10.0. The lowest BCUT2D eigenvalue weighted by Gasteiger charge is -2.37. The van der Waals surface area contributed by atoms with Gasteiger partial charge in [0.05, 0.1) is 11.1 Å². The number of fused-ring (bicyclic) bond motifs is 1. The third-order valence-electron chi connectivity index (χ3n) is 7.46. The summed E-state index contributed by atoms with van der Waals surface area (Å²) in [6.07, 6.45) is 2.52. The number of hydrogen-bond donors (Lipinski definition) is 1. The van der Waals surface area contributed by atoms with E-state index >= 15 is 0 Å². The molecule has 3 heterocycles. The van der Waals surface area contributed by atoms with Gasteiger partial charge >= 0.3 is 6.18 Å². The minimum atomic E-state index is -4.63. The van der Waals surface area contributed by atoms with Gasteiger partial charge in [0.15, 0.2) is 0 Å². The number of likely N-dealkylation sites (tertiary alicyclic amines) is 1. The SMILES string of the molecule is Cc1cc(N2CCC(N3CCCC3)CC2)nc2ccc(NC(=O)C=Cc3ccc(C(F)(F)F)cc3F)cc12. The third kappa shape index (κ3) is 5.83. The van der Waals surface area contributed by atoms with Crippen molar-refractivity contribution >= 4 is 34.4 Å². The second-order valence-electron chi connectivity index (χ2n) is 10.0. The maximum absolute atomic E-state index is 14.0. The van der Waals surface area contributed by atoms with E-state index in [1.165, 1.54) is 25.9 Å². The molecule has 2 aromatic carbocycles. The fraction of sp³-hybridized carbons (Fsp3) is 0.379. The molecule has 0 unspecified atom stereocenters. The Kier molecular flexibility index (Phi) is 7.38. The number of nitrogens with one attached hydrogen (secondary N) is 1. The van der Waals surface area contributed by atoms with E-state index in [-0.39, 0.29) is 5.56 Å². The molecule has 0 bridgehead atoms. The molecule has 5 nitrogen and oxygen atoms in total. The molecule has 1 aromatic heterocycles. The molecular formula is C29H30F4N4O. The van der Waals surface area contributed by atoms with E-state index < -0.39 is 23.5 Å². The summed E-state index contributed by atoms with van der Waals surface area (Å²) in [5, 5.41) is 3.64. The van der Waals surface area contributed by atoms with Crippen LogP contribution in [-0.4, -0.2) is 48.0 Å². The van der Waals surface area contributed by atoms with Crippen LogP contribution in [-0.2, 0) is 11.0 Å². The number of carbonyl (C=O) groups is 1. The number of aromatic nitrogens is 1. The van der Waals surface area contributed by atoms with Gasteiger partial charge in [0.1, 0.15) is 11.6 Å². The van der Waals surface area contributed by atoms with Gasteiger partial charge < -0.3 is 15.1 Å². The first-order chi connectivity index (χ1) is 18.2. The second kappa shape index (κ2) is 10.7. The number of alkyl halides is 3. The first-order valence-corrected chi connectivity index (χ1v) is 12.9. The van der Waals surface area contributed by atoms with Crippen LogP contribution in [0.5, 0.6) is 0 Å². The number of anilines is 2. The van der Waals surface area contributed by atoms with Crippen LogP contribution in [0.15, 0.2) is 48.5 Å². The second-order valence-corrected chi connectivity index (χ2v) is 10.0. The third-order valence-corrected chi connectivity index (χ3v) is 7.46. The number of hydrogen-bond acceptors (Lipinski definition) is 4. The molecule has 0 spiro atoms. The molecule has 2 aliphatic heterocycles. The molecule has 0 radical (unpaired) electrons. The van der Waals surface area contributed by atoms with E-state index in [9.17, 15) is 22.4 Å². The van der Waals surface area contributed by atoms with Crippen LogP contribution < -0.4 is 10.2 Å². The highest BCUT2D eigenvalue weighted by Gasteiger charge is 2.31. The first-order valence-electron chi connectivity index (χ1n) is 12.9. The number of piperidine rings is 1. The highest BCUT2D eigenvalue weighted by molar-refractivity contribution is 6.03. The summed E-state index contributed by atoms with van der Waals surface area (Å²) in [5.41, 5.74) is 1.24. The number of halogens is 4. The van der Waals surface area contributed by atoms with Gasteiger partial charge in [-0.2, -0.15) is 13.2 Å². The molecule has 5 rings (SSSR count). The van der Waals surface area contributed by atoms with E-state index in [0.717, 1.165) is 72.5 Å². The van der Waals surface area contributed by atoms with Gasteiger partial charge in [-0.1, -0.05) is 6.07 Å². The molecule has 2 fully saturated rings. The number of aryl methyl sites for hydroxylation is 1. The van der Waals surface area contributed by atoms with Crippen LogP contribution in [0.1, 0.15) is 42.4 Å². The number of benzene rings is 2. The van der Waals surface area contributed by atoms with Crippen molar-refractivity contribution in [3.8, 4) is 0 Å². The zero-order valence-corrected chi connectivity index (χ0v) is 21.2. The van der Waals surface area contributed by atoms with Crippen LogP contribution >= 0.6 is 0 Å². The summed E-state index contributed by atoms with van der Waals surface area (Å²) in [4.78, 5) is 22.3. The molecule has 38 heavy (non-hydrogen) atoms. The zero-order valence-electron chi connectivity index (χ0n) is 21.2. The molecule has 0 atom stereocenters. The number of amides is 1. The molecule has 9 heteroatoms. The number of nitrogens with zero attached hydrogens (tertiary/aromatic N) is 3. The molecule has 2 aliphatic rings. The minimum Gasteiger partial charge on any atom is -0.356 e. The normalized spacial score (nSPS) is 17.6. The average molecular weight is 527 g/mol. The summed E-state index contributed by atoms with van der Waals surface area (Å²) in [6, 6.07) is 10.4. The van der Waals surface area contributed by atoms with Crippen LogP contribution in [0.3, 0.4) is 0 Å². The summed E-state index contributed by atoms with van der Waals surface area (Å²) < 4.78 is 52.2. The fourth-order valence-corrected chi connectivity index (χ4v) is 5.37.